The molecule has 3 atom stereocenters. The monoisotopic (exact) mass is 619 g/mol. The van der Waals surface area contributed by atoms with Crippen molar-refractivity contribution in [2.24, 2.45) is 5.92 Å². The predicted molar refractivity (Wildman–Crippen MR) is 178 cm³/mol. The molecule has 0 unspecified atom stereocenters. The second-order valence-electron chi connectivity index (χ2n) is 12.5. The number of carbonyl (C=O) groups is 1. The van der Waals surface area contributed by atoms with Crippen LogP contribution in [0.3, 0.4) is 0 Å². The number of imidazole rings is 1. The van der Waals surface area contributed by atoms with Gasteiger partial charge >= 0.3 is 0 Å². The highest BCUT2D eigenvalue weighted by Gasteiger charge is 2.54. The third kappa shape index (κ3) is 5.45. The maximum Gasteiger partial charge on any atom is 0.280 e. The summed E-state index contributed by atoms with van der Waals surface area (Å²) in [7, 11) is -2.93. The van der Waals surface area contributed by atoms with Crippen molar-refractivity contribution in [3.63, 3.8) is 0 Å². The maximum atomic E-state index is 13.0. The Kier molecular flexibility index (Phi) is 8.13. The molecule has 6 rings (SSSR count). The predicted octanol–water partition coefficient (Wildman–Crippen LogP) is 4.43. The lowest BCUT2D eigenvalue weighted by molar-refractivity contribution is 0.102. The number of fused-ring (bicyclic) bond motifs is 1. The summed E-state index contributed by atoms with van der Waals surface area (Å²) >= 11 is 0. The maximum absolute atomic E-state index is 13.0. The number of aliphatic hydroxyl groups is 1. The Hall–Kier alpha value is -4.64. The topological polar surface area (TPSA) is 122 Å². The van der Waals surface area contributed by atoms with E-state index in [-0.39, 0.29) is 41.2 Å². The van der Waals surface area contributed by atoms with Gasteiger partial charge in [-0.15, -0.1) is 0 Å². The van der Waals surface area contributed by atoms with Crippen LogP contribution in [-0.4, -0.2) is 51.6 Å². The third-order valence-electron chi connectivity index (χ3n) is 8.79. The van der Waals surface area contributed by atoms with Gasteiger partial charge in [0.25, 0.3) is 19.8 Å². The van der Waals surface area contributed by atoms with Crippen LogP contribution in [-0.2, 0) is 4.43 Å². The summed E-state index contributed by atoms with van der Waals surface area (Å²) < 4.78 is 9.25. The molecule has 1 aliphatic carbocycles. The van der Waals surface area contributed by atoms with Crippen LogP contribution in [0, 0.1) is 5.92 Å². The fourth-order valence-electron chi connectivity index (χ4n) is 6.58. The molecule has 5 aromatic rings. The number of anilines is 1. The zero-order chi connectivity index (χ0) is 31.8. The van der Waals surface area contributed by atoms with Crippen LogP contribution in [0.15, 0.2) is 114 Å². The molecule has 0 radical (unpaired) electrons. The summed E-state index contributed by atoms with van der Waals surface area (Å²) in [5.74, 6) is -0.729. The number of aliphatic hydroxyl groups excluding tert-OH is 1. The largest absolute Gasteiger partial charge is 0.404 e. The van der Waals surface area contributed by atoms with Crippen molar-refractivity contribution in [3.8, 4) is 0 Å². The molecule has 1 aliphatic rings. The molecular weight excluding hydrogens is 583 g/mol. The van der Waals surface area contributed by atoms with Gasteiger partial charge in [-0.25, -0.2) is 4.98 Å². The van der Waals surface area contributed by atoms with E-state index in [4.69, 9.17) is 4.43 Å². The number of amides is 1. The molecule has 0 saturated heterocycles. The summed E-state index contributed by atoms with van der Waals surface area (Å²) in [6.07, 6.45) is 1.71. The Morgan fingerprint density at radius 3 is 2.16 bits per heavy atom. The van der Waals surface area contributed by atoms with Gasteiger partial charge in [-0.1, -0.05) is 106 Å². The fourth-order valence-corrected chi connectivity index (χ4v) is 11.3. The van der Waals surface area contributed by atoms with E-state index in [1.165, 1.54) is 0 Å². The number of rotatable bonds is 8. The van der Waals surface area contributed by atoms with Crippen molar-refractivity contribution in [2.75, 3.05) is 11.9 Å². The Morgan fingerprint density at radius 1 is 1.02 bits per heavy atom. The number of benzene rings is 3. The first-order valence-electron chi connectivity index (χ1n) is 15.1. The highest BCUT2D eigenvalue weighted by molar-refractivity contribution is 6.99. The van der Waals surface area contributed by atoms with E-state index in [9.17, 15) is 14.7 Å². The molecule has 3 aromatic carbocycles. The van der Waals surface area contributed by atoms with Gasteiger partial charge in [0.2, 0.25) is 5.95 Å². The van der Waals surface area contributed by atoms with Crippen molar-refractivity contribution in [3.05, 3.63) is 125 Å². The third-order valence-corrected chi connectivity index (χ3v) is 13.8. The molecule has 1 saturated carbocycles. The number of aromatic nitrogens is 4. The van der Waals surface area contributed by atoms with E-state index in [0.717, 1.165) is 15.9 Å². The van der Waals surface area contributed by atoms with Crippen molar-refractivity contribution in [1.29, 1.82) is 0 Å². The van der Waals surface area contributed by atoms with Gasteiger partial charge < -0.3 is 14.1 Å². The van der Waals surface area contributed by atoms with Crippen LogP contribution in [0.2, 0.25) is 5.04 Å². The fraction of sp³-hybridized carbons (Fsp3) is 0.257. The Morgan fingerprint density at radius 2 is 1.60 bits per heavy atom. The van der Waals surface area contributed by atoms with Crippen LogP contribution in [0.1, 0.15) is 43.6 Å². The van der Waals surface area contributed by atoms with E-state index in [1.54, 1.807) is 30.6 Å². The molecular formula is C35H37N5O4Si. The highest BCUT2D eigenvalue weighted by Crippen LogP contribution is 2.46. The molecule has 0 aliphatic heterocycles. The number of nitrogens with zero attached hydrogens (tertiary/aromatic N) is 3. The van der Waals surface area contributed by atoms with Gasteiger partial charge in [0.1, 0.15) is 0 Å². The molecule has 230 valence electrons. The van der Waals surface area contributed by atoms with E-state index >= 15 is 0 Å². The number of aromatic amines is 1. The smallest absolute Gasteiger partial charge is 0.280 e. The zero-order valence-corrected chi connectivity index (χ0v) is 26.6. The second kappa shape index (κ2) is 12.0. The first-order chi connectivity index (χ1) is 21.6. The van der Waals surface area contributed by atoms with E-state index in [2.05, 4.69) is 71.9 Å². The van der Waals surface area contributed by atoms with Crippen molar-refractivity contribution in [2.45, 2.75) is 44.4 Å². The summed E-state index contributed by atoms with van der Waals surface area (Å²) in [6.45, 7) is 10.9. The molecule has 0 spiro atoms. The lowest BCUT2D eigenvalue weighted by Gasteiger charge is -2.45. The summed E-state index contributed by atoms with van der Waals surface area (Å²) in [6, 6.07) is 29.1. The van der Waals surface area contributed by atoms with Gasteiger partial charge in [0.15, 0.2) is 11.2 Å². The summed E-state index contributed by atoms with van der Waals surface area (Å²) in [5.41, 5.74) is 1.21. The van der Waals surface area contributed by atoms with Crippen LogP contribution < -0.4 is 21.2 Å². The van der Waals surface area contributed by atoms with E-state index < -0.39 is 19.8 Å². The molecule has 1 amide bonds. The van der Waals surface area contributed by atoms with Gasteiger partial charge in [0, 0.05) is 11.5 Å². The quantitative estimate of drug-likeness (QED) is 0.175. The van der Waals surface area contributed by atoms with Crippen LogP contribution in [0.25, 0.3) is 11.2 Å². The van der Waals surface area contributed by atoms with Gasteiger partial charge in [-0.05, 0) is 39.5 Å². The number of carbonyl (C=O) groups excluding carboxylic acids is 1. The number of H-pyrrole nitrogens is 1. The Balaban J connectivity index is 1.39. The molecule has 10 heteroatoms. The van der Waals surface area contributed by atoms with Crippen LogP contribution in [0.4, 0.5) is 5.95 Å². The first-order valence-corrected chi connectivity index (χ1v) is 17.0. The summed E-state index contributed by atoms with van der Waals surface area (Å²) in [4.78, 5) is 37.4. The van der Waals surface area contributed by atoms with Gasteiger partial charge in [0.05, 0.1) is 25.1 Å². The minimum Gasteiger partial charge on any atom is -0.404 e. The van der Waals surface area contributed by atoms with E-state index in [0.29, 0.717) is 17.6 Å². The van der Waals surface area contributed by atoms with Gasteiger partial charge in [-0.2, -0.15) is 4.98 Å². The zero-order valence-electron chi connectivity index (χ0n) is 25.6. The molecule has 45 heavy (non-hydrogen) atoms. The van der Waals surface area contributed by atoms with Crippen LogP contribution >= 0.6 is 0 Å². The van der Waals surface area contributed by atoms with E-state index in [1.807, 2.05) is 47.0 Å². The highest BCUT2D eigenvalue weighted by atomic mass is 28.4. The average Bonchev–Trinajstić information content (AvgIpc) is 3.60. The lowest BCUT2D eigenvalue weighted by atomic mass is 10.0. The molecule has 2 aromatic heterocycles. The average molecular weight is 620 g/mol. The number of hydrogen-bond acceptors (Lipinski definition) is 6. The van der Waals surface area contributed by atoms with Gasteiger partial charge in [-0.3, -0.25) is 19.9 Å². The summed E-state index contributed by atoms with van der Waals surface area (Å²) in [5, 5.41) is 15.4. The first kappa shape index (κ1) is 30.4. The van der Waals surface area contributed by atoms with Crippen LogP contribution in [0.5, 0.6) is 0 Å². The standard InChI is InChI=1S/C35H37N5O4Si/c1-23-27(21-41)29(44-45(35(2,3)4,25-16-10-6-11-17-25)26-18-12-7-13-19-26)20-28(23)40-22-36-30-31(40)37-34(39-33(30)43)38-32(42)24-14-8-5-9-15-24/h5-19,22,27-29,41H,1,20-21H2,2-4H3,(H2,37,38,39,42,43)/t27-,28-,29-/m0/s1. The Bertz CT molecular complexity index is 1840. The van der Waals surface area contributed by atoms with Crippen molar-refractivity contribution >= 4 is 41.7 Å². The lowest BCUT2D eigenvalue weighted by Crippen LogP contribution is -2.68. The molecule has 2 heterocycles. The molecule has 1 fully saturated rings. The second-order valence-corrected chi connectivity index (χ2v) is 16.7. The molecule has 3 N–H and O–H groups in total. The normalized spacial score (nSPS) is 18.8. The van der Waals surface area contributed by atoms with Crippen molar-refractivity contribution < 1.29 is 14.3 Å². The minimum absolute atomic E-state index is 0.0190. The SMILES string of the molecule is C=C1[C@H](CO)[C@@H](O[Si](c2ccccc2)(c2ccccc2)C(C)(C)C)C[C@@H]1n1cnc2c(=O)[nH]c(NC(=O)c3ccccc3)nc21. The molecule has 0 bridgehead atoms. The van der Waals surface area contributed by atoms with Crippen molar-refractivity contribution in [1.82, 2.24) is 19.5 Å². The molecule has 9 nitrogen and oxygen atoms in total. The minimum atomic E-state index is -2.93. The number of nitrogens with one attached hydrogen (secondary N) is 2. The number of hydrogen-bond donors (Lipinski definition) is 3. The Labute approximate surface area is 262 Å².